The zero-order chi connectivity index (χ0) is 16.9. The minimum Gasteiger partial charge on any atom is -0.364 e. The van der Waals surface area contributed by atoms with Crippen LogP contribution in [0.25, 0.3) is 0 Å². The Kier molecular flexibility index (Phi) is 5.05. The molecule has 0 bridgehead atoms. The van der Waals surface area contributed by atoms with Crippen molar-refractivity contribution in [3.8, 4) is 0 Å². The zero-order valence-corrected chi connectivity index (χ0v) is 14.1. The van der Waals surface area contributed by atoms with Crippen LogP contribution in [0.3, 0.4) is 0 Å². The molecule has 0 aliphatic heterocycles. The number of benzene rings is 1. The Morgan fingerprint density at radius 2 is 1.88 bits per heavy atom. The third-order valence-corrected chi connectivity index (χ3v) is 4.40. The monoisotopic (exact) mass is 325 g/mol. The van der Waals surface area contributed by atoms with E-state index in [1.807, 2.05) is 36.4 Å². The number of amides is 1. The summed E-state index contributed by atoms with van der Waals surface area (Å²) >= 11 is 0. The van der Waals surface area contributed by atoms with Gasteiger partial charge in [0.1, 0.15) is 5.82 Å². The van der Waals surface area contributed by atoms with Crippen molar-refractivity contribution in [2.75, 3.05) is 24.7 Å². The molecule has 0 saturated heterocycles. The highest BCUT2D eigenvalue weighted by Gasteiger charge is 2.28. The molecule has 1 heterocycles. The second-order valence-corrected chi connectivity index (χ2v) is 6.34. The lowest BCUT2D eigenvalue weighted by Crippen LogP contribution is -2.39. The Hall–Kier alpha value is -2.47. The molecule has 1 amide bonds. The summed E-state index contributed by atoms with van der Waals surface area (Å²) in [4.78, 5) is 14.4. The van der Waals surface area contributed by atoms with Gasteiger partial charge in [-0.3, -0.25) is 4.79 Å². The van der Waals surface area contributed by atoms with E-state index in [-0.39, 0.29) is 5.91 Å². The van der Waals surface area contributed by atoms with E-state index in [1.165, 1.54) is 12.8 Å². The number of hydrogen-bond acceptors (Lipinski definition) is 5. The molecule has 2 atom stereocenters. The topological polar surface area (TPSA) is 70.2 Å². The van der Waals surface area contributed by atoms with E-state index in [0.717, 1.165) is 12.1 Å². The first kappa shape index (κ1) is 16.4. The fourth-order valence-electron chi connectivity index (χ4n) is 3.16. The number of carbonyl (C=O) groups excluding carboxylic acids is 1. The Morgan fingerprint density at radius 3 is 2.54 bits per heavy atom. The molecule has 0 radical (unpaired) electrons. The maximum atomic E-state index is 12.2. The molecule has 1 aliphatic carbocycles. The maximum Gasteiger partial charge on any atom is 0.276 e. The van der Waals surface area contributed by atoms with E-state index in [9.17, 15) is 4.79 Å². The summed E-state index contributed by atoms with van der Waals surface area (Å²) in [7, 11) is 4.21. The van der Waals surface area contributed by atoms with Gasteiger partial charge in [-0.1, -0.05) is 18.2 Å². The summed E-state index contributed by atoms with van der Waals surface area (Å²) in [5.74, 6) is 0.456. The number of anilines is 2. The summed E-state index contributed by atoms with van der Waals surface area (Å²) in [6, 6.07) is 13.7. The Bertz CT molecular complexity index is 672. The average molecular weight is 325 g/mol. The molecule has 3 rings (SSSR count). The Labute approximate surface area is 142 Å². The quantitative estimate of drug-likeness (QED) is 0.884. The lowest BCUT2D eigenvalue weighted by Gasteiger charge is -2.27. The van der Waals surface area contributed by atoms with Crippen molar-refractivity contribution in [1.29, 1.82) is 0 Å². The lowest BCUT2D eigenvalue weighted by atomic mass is 10.1. The van der Waals surface area contributed by atoms with Gasteiger partial charge in [-0.2, -0.15) is 0 Å². The molecule has 6 nitrogen and oxygen atoms in total. The van der Waals surface area contributed by atoms with Crippen LogP contribution in [0, 0.1) is 0 Å². The smallest absolute Gasteiger partial charge is 0.276 e. The number of likely N-dealkylation sites (N-methyl/N-ethyl adjacent to an activating group) is 1. The second kappa shape index (κ2) is 7.40. The van der Waals surface area contributed by atoms with E-state index in [0.29, 0.717) is 23.6 Å². The summed E-state index contributed by atoms with van der Waals surface area (Å²) < 4.78 is 0. The van der Waals surface area contributed by atoms with E-state index < -0.39 is 0 Å². The van der Waals surface area contributed by atoms with Gasteiger partial charge in [0.15, 0.2) is 5.69 Å². The highest BCUT2D eigenvalue weighted by molar-refractivity contribution is 6.02. The van der Waals surface area contributed by atoms with Crippen LogP contribution in [-0.4, -0.2) is 47.2 Å². The van der Waals surface area contributed by atoms with Crippen molar-refractivity contribution in [2.24, 2.45) is 0 Å². The highest BCUT2D eigenvalue weighted by atomic mass is 16.1. The van der Waals surface area contributed by atoms with Crippen molar-refractivity contribution in [3.63, 3.8) is 0 Å². The van der Waals surface area contributed by atoms with Crippen molar-refractivity contribution in [3.05, 3.63) is 48.2 Å². The van der Waals surface area contributed by atoms with E-state index in [2.05, 4.69) is 39.8 Å². The van der Waals surface area contributed by atoms with Gasteiger partial charge in [0, 0.05) is 17.8 Å². The van der Waals surface area contributed by atoms with Crippen molar-refractivity contribution in [1.82, 2.24) is 15.1 Å². The number of para-hydroxylation sites is 1. The molecule has 126 valence electrons. The molecule has 0 spiro atoms. The number of aromatic nitrogens is 2. The van der Waals surface area contributed by atoms with Gasteiger partial charge in [-0.15, -0.1) is 10.2 Å². The standard InChI is InChI=1S/C18H23N5O/c1-23(2)16-10-6-9-14(16)20-17-12-11-15(21-22-17)18(24)19-13-7-4-3-5-8-13/h3-5,7-8,11-12,14,16H,6,9-10H2,1-2H3,(H,19,24)(H,20,22)/t14-,16-/m0/s1. The number of nitrogens with one attached hydrogen (secondary N) is 2. The van der Waals surface area contributed by atoms with Gasteiger partial charge in [0.05, 0.1) is 0 Å². The van der Waals surface area contributed by atoms with Gasteiger partial charge in [-0.05, 0) is 57.6 Å². The molecule has 1 aromatic carbocycles. The van der Waals surface area contributed by atoms with Gasteiger partial charge in [0.25, 0.3) is 5.91 Å². The van der Waals surface area contributed by atoms with Crippen LogP contribution in [0.1, 0.15) is 29.8 Å². The van der Waals surface area contributed by atoms with Crippen molar-refractivity contribution < 1.29 is 4.79 Å². The fraction of sp³-hybridized carbons (Fsp3) is 0.389. The minimum atomic E-state index is -0.257. The van der Waals surface area contributed by atoms with Crippen molar-refractivity contribution >= 4 is 17.4 Å². The first-order chi connectivity index (χ1) is 11.6. The van der Waals surface area contributed by atoms with Crippen LogP contribution >= 0.6 is 0 Å². The predicted octanol–water partition coefficient (Wildman–Crippen LogP) is 2.62. The minimum absolute atomic E-state index is 0.257. The van der Waals surface area contributed by atoms with Crippen LogP contribution in [0.2, 0.25) is 0 Å². The van der Waals surface area contributed by atoms with E-state index in [1.54, 1.807) is 6.07 Å². The van der Waals surface area contributed by atoms with Crippen LogP contribution in [0.4, 0.5) is 11.5 Å². The fourth-order valence-corrected chi connectivity index (χ4v) is 3.16. The molecule has 2 N–H and O–H groups in total. The van der Waals surface area contributed by atoms with Crippen LogP contribution in [-0.2, 0) is 0 Å². The van der Waals surface area contributed by atoms with Gasteiger partial charge in [-0.25, -0.2) is 0 Å². The normalized spacial score (nSPS) is 20.1. The SMILES string of the molecule is CN(C)[C@H]1CCC[C@@H]1Nc1ccc(C(=O)Nc2ccccc2)nn1. The first-order valence-corrected chi connectivity index (χ1v) is 8.26. The molecular weight excluding hydrogens is 302 g/mol. The van der Waals surface area contributed by atoms with Gasteiger partial charge < -0.3 is 15.5 Å². The summed E-state index contributed by atoms with van der Waals surface area (Å²) in [6.07, 6.45) is 3.53. The molecule has 1 aliphatic rings. The number of hydrogen-bond donors (Lipinski definition) is 2. The second-order valence-electron chi connectivity index (χ2n) is 6.34. The third-order valence-electron chi connectivity index (χ3n) is 4.40. The zero-order valence-electron chi connectivity index (χ0n) is 14.1. The maximum absolute atomic E-state index is 12.2. The van der Waals surface area contributed by atoms with Crippen LogP contribution in [0.15, 0.2) is 42.5 Å². The number of rotatable bonds is 5. The molecular formula is C18H23N5O. The molecule has 1 aromatic heterocycles. The average Bonchev–Trinajstić information content (AvgIpc) is 3.05. The molecule has 6 heteroatoms. The molecule has 24 heavy (non-hydrogen) atoms. The van der Waals surface area contributed by atoms with Gasteiger partial charge >= 0.3 is 0 Å². The van der Waals surface area contributed by atoms with Crippen LogP contribution in [0.5, 0.6) is 0 Å². The van der Waals surface area contributed by atoms with E-state index >= 15 is 0 Å². The molecule has 1 saturated carbocycles. The highest BCUT2D eigenvalue weighted by Crippen LogP contribution is 2.25. The third kappa shape index (κ3) is 3.89. The lowest BCUT2D eigenvalue weighted by molar-refractivity contribution is 0.102. The number of nitrogens with zero attached hydrogens (tertiary/aromatic N) is 3. The molecule has 2 aromatic rings. The first-order valence-electron chi connectivity index (χ1n) is 8.26. The Morgan fingerprint density at radius 1 is 1.08 bits per heavy atom. The largest absolute Gasteiger partial charge is 0.364 e. The predicted molar refractivity (Wildman–Crippen MR) is 95.2 cm³/mol. The molecule has 0 unspecified atom stereocenters. The number of carbonyl (C=O) groups is 1. The van der Waals surface area contributed by atoms with Crippen LogP contribution < -0.4 is 10.6 Å². The summed E-state index contributed by atoms with van der Waals surface area (Å²) in [5.41, 5.74) is 1.05. The molecule has 1 fully saturated rings. The van der Waals surface area contributed by atoms with Crippen molar-refractivity contribution in [2.45, 2.75) is 31.3 Å². The summed E-state index contributed by atoms with van der Waals surface area (Å²) in [6.45, 7) is 0. The van der Waals surface area contributed by atoms with E-state index in [4.69, 9.17) is 0 Å². The van der Waals surface area contributed by atoms with Gasteiger partial charge in [0.2, 0.25) is 0 Å². The summed E-state index contributed by atoms with van der Waals surface area (Å²) in [5, 5.41) is 14.5. The Balaban J connectivity index is 1.62.